The minimum Gasteiger partial charge on any atom is -0.480 e. The molecule has 1 aromatic heterocycles. The maximum atomic E-state index is 12.1. The third-order valence-corrected chi connectivity index (χ3v) is 3.86. The first-order chi connectivity index (χ1) is 10.1. The molecule has 2 unspecified atom stereocenters. The van der Waals surface area contributed by atoms with Crippen molar-refractivity contribution in [1.82, 2.24) is 20.4 Å². The molecule has 0 aromatic carbocycles. The molecule has 0 saturated carbocycles. The number of amides is 2. The van der Waals surface area contributed by atoms with E-state index in [9.17, 15) is 14.7 Å². The molecule has 2 amide bonds. The second kappa shape index (κ2) is 7.05. The van der Waals surface area contributed by atoms with Crippen LogP contribution in [-0.4, -0.2) is 51.3 Å². The number of rotatable bonds is 5. The first kappa shape index (κ1) is 15.3. The lowest BCUT2D eigenvalue weighted by Gasteiger charge is -2.36. The van der Waals surface area contributed by atoms with Crippen molar-refractivity contribution < 1.29 is 19.2 Å². The highest BCUT2D eigenvalue weighted by Crippen LogP contribution is 2.25. The van der Waals surface area contributed by atoms with Crippen molar-refractivity contribution in [1.29, 1.82) is 0 Å². The first-order valence-electron chi connectivity index (χ1n) is 7.14. The number of aromatic nitrogens is 2. The summed E-state index contributed by atoms with van der Waals surface area (Å²) in [6, 6.07) is -1.09. The zero-order valence-electron chi connectivity index (χ0n) is 12.0. The molecule has 2 heterocycles. The van der Waals surface area contributed by atoms with Gasteiger partial charge in [-0.25, -0.2) is 9.59 Å². The van der Waals surface area contributed by atoms with Crippen LogP contribution in [0.3, 0.4) is 0 Å². The van der Waals surface area contributed by atoms with Gasteiger partial charge in [-0.1, -0.05) is 18.5 Å². The zero-order valence-corrected chi connectivity index (χ0v) is 12.0. The van der Waals surface area contributed by atoms with E-state index in [0.29, 0.717) is 37.7 Å². The minimum absolute atomic E-state index is 0.334. The summed E-state index contributed by atoms with van der Waals surface area (Å²) < 4.78 is 4.83. The maximum absolute atomic E-state index is 12.1. The predicted octanol–water partition coefficient (Wildman–Crippen LogP) is 0.897. The van der Waals surface area contributed by atoms with Gasteiger partial charge >= 0.3 is 12.0 Å². The first-order valence-corrected chi connectivity index (χ1v) is 7.14. The van der Waals surface area contributed by atoms with Gasteiger partial charge in [0.2, 0.25) is 5.89 Å². The van der Waals surface area contributed by atoms with Crippen molar-refractivity contribution in [3.63, 3.8) is 0 Å². The highest BCUT2D eigenvalue weighted by molar-refractivity contribution is 5.82. The van der Waals surface area contributed by atoms with Crippen molar-refractivity contribution >= 4 is 12.0 Å². The van der Waals surface area contributed by atoms with Crippen LogP contribution in [-0.2, 0) is 11.2 Å². The summed E-state index contributed by atoms with van der Waals surface area (Å²) in [6.07, 6.45) is 4.03. The molecule has 1 aliphatic rings. The van der Waals surface area contributed by atoms with E-state index in [2.05, 4.69) is 15.5 Å². The number of carboxylic acid groups (broad SMARTS) is 1. The third kappa shape index (κ3) is 3.93. The van der Waals surface area contributed by atoms with Crippen LogP contribution in [0.15, 0.2) is 10.9 Å². The SMILES string of the molecule is CCC1CCN(C(=O)NCCc2ncno2)C(C(=O)O)C1. The number of likely N-dealkylation sites (tertiary alicyclic amines) is 1. The molecule has 0 aliphatic carbocycles. The average molecular weight is 296 g/mol. The van der Waals surface area contributed by atoms with E-state index in [1.54, 1.807) is 0 Å². The predicted molar refractivity (Wildman–Crippen MR) is 72.5 cm³/mol. The van der Waals surface area contributed by atoms with Gasteiger partial charge in [0, 0.05) is 19.5 Å². The molecule has 116 valence electrons. The number of hydrogen-bond donors (Lipinski definition) is 2. The van der Waals surface area contributed by atoms with Crippen LogP contribution in [0.25, 0.3) is 0 Å². The van der Waals surface area contributed by atoms with Crippen LogP contribution in [0.5, 0.6) is 0 Å². The number of nitrogens with one attached hydrogen (secondary N) is 1. The monoisotopic (exact) mass is 296 g/mol. The van der Waals surface area contributed by atoms with E-state index in [1.165, 1.54) is 11.2 Å². The smallest absolute Gasteiger partial charge is 0.326 e. The highest BCUT2D eigenvalue weighted by atomic mass is 16.5. The van der Waals surface area contributed by atoms with Crippen molar-refractivity contribution in [2.75, 3.05) is 13.1 Å². The number of aliphatic carboxylic acids is 1. The van der Waals surface area contributed by atoms with Gasteiger partial charge < -0.3 is 19.8 Å². The molecule has 21 heavy (non-hydrogen) atoms. The van der Waals surface area contributed by atoms with E-state index in [-0.39, 0.29) is 6.03 Å². The molecule has 8 heteroatoms. The van der Waals surface area contributed by atoms with Gasteiger partial charge in [-0.05, 0) is 18.8 Å². The minimum atomic E-state index is -0.944. The molecule has 0 bridgehead atoms. The Kier molecular flexibility index (Phi) is 5.13. The number of hydrogen-bond acceptors (Lipinski definition) is 5. The molecule has 2 atom stereocenters. The number of carbonyl (C=O) groups excluding carboxylic acids is 1. The Balaban J connectivity index is 1.86. The third-order valence-electron chi connectivity index (χ3n) is 3.86. The lowest BCUT2D eigenvalue weighted by atomic mass is 9.89. The number of piperidine rings is 1. The zero-order chi connectivity index (χ0) is 15.2. The normalized spacial score (nSPS) is 22.0. The molecule has 1 fully saturated rings. The lowest BCUT2D eigenvalue weighted by molar-refractivity contribution is -0.144. The largest absolute Gasteiger partial charge is 0.480 e. The molecule has 8 nitrogen and oxygen atoms in total. The fourth-order valence-electron chi connectivity index (χ4n) is 2.57. The molecule has 1 saturated heterocycles. The molecule has 1 aliphatic heterocycles. The lowest BCUT2D eigenvalue weighted by Crippen LogP contribution is -2.53. The average Bonchev–Trinajstić information content (AvgIpc) is 2.99. The van der Waals surface area contributed by atoms with E-state index in [1.807, 2.05) is 6.92 Å². The Labute approximate surface area is 122 Å². The van der Waals surface area contributed by atoms with Crippen molar-refractivity contribution in [2.24, 2.45) is 5.92 Å². The number of carboxylic acids is 1. The van der Waals surface area contributed by atoms with Crippen molar-refractivity contribution in [3.8, 4) is 0 Å². The van der Waals surface area contributed by atoms with Crippen LogP contribution >= 0.6 is 0 Å². The van der Waals surface area contributed by atoms with Gasteiger partial charge in [0.1, 0.15) is 6.04 Å². The van der Waals surface area contributed by atoms with Crippen LogP contribution in [0.1, 0.15) is 32.1 Å². The number of urea groups is 1. The second-order valence-corrected chi connectivity index (χ2v) is 5.16. The Morgan fingerprint density at radius 3 is 3.00 bits per heavy atom. The van der Waals surface area contributed by atoms with Gasteiger partial charge in [-0.15, -0.1) is 0 Å². The van der Waals surface area contributed by atoms with Gasteiger partial charge in [0.15, 0.2) is 6.33 Å². The fourth-order valence-corrected chi connectivity index (χ4v) is 2.57. The molecule has 0 spiro atoms. The van der Waals surface area contributed by atoms with Crippen LogP contribution in [0, 0.1) is 5.92 Å². The van der Waals surface area contributed by atoms with Crippen molar-refractivity contribution in [2.45, 2.75) is 38.6 Å². The molecule has 0 radical (unpaired) electrons. The van der Waals surface area contributed by atoms with E-state index < -0.39 is 12.0 Å². The van der Waals surface area contributed by atoms with Crippen LogP contribution in [0.2, 0.25) is 0 Å². The van der Waals surface area contributed by atoms with Gasteiger partial charge in [-0.2, -0.15) is 4.98 Å². The summed E-state index contributed by atoms with van der Waals surface area (Å²) in [5.74, 6) is -0.136. The standard InChI is InChI=1S/C13H20N4O4/c1-2-9-4-6-17(10(7-9)12(18)19)13(20)14-5-3-11-15-8-16-21-11/h8-10H,2-7H2,1H3,(H,14,20)(H,18,19). The summed E-state index contributed by atoms with van der Waals surface area (Å²) in [5.41, 5.74) is 0. The van der Waals surface area contributed by atoms with Gasteiger partial charge in [-0.3, -0.25) is 0 Å². The summed E-state index contributed by atoms with van der Waals surface area (Å²) >= 11 is 0. The molecule has 1 aromatic rings. The summed E-state index contributed by atoms with van der Waals surface area (Å²) in [7, 11) is 0. The molecule has 2 N–H and O–H groups in total. The van der Waals surface area contributed by atoms with E-state index in [4.69, 9.17) is 4.52 Å². The van der Waals surface area contributed by atoms with Gasteiger partial charge in [0.25, 0.3) is 0 Å². The van der Waals surface area contributed by atoms with Crippen LogP contribution in [0.4, 0.5) is 4.79 Å². The second-order valence-electron chi connectivity index (χ2n) is 5.16. The maximum Gasteiger partial charge on any atom is 0.326 e. The molecular weight excluding hydrogens is 276 g/mol. The molecule has 2 rings (SSSR count). The molecular formula is C13H20N4O4. The quantitative estimate of drug-likeness (QED) is 0.835. The highest BCUT2D eigenvalue weighted by Gasteiger charge is 2.35. The summed E-state index contributed by atoms with van der Waals surface area (Å²) in [4.78, 5) is 28.7. The Morgan fingerprint density at radius 2 is 2.38 bits per heavy atom. The Morgan fingerprint density at radius 1 is 1.57 bits per heavy atom. The number of carbonyl (C=O) groups is 2. The Hall–Kier alpha value is -2.12. The van der Waals surface area contributed by atoms with E-state index in [0.717, 1.165) is 12.8 Å². The summed E-state index contributed by atoms with van der Waals surface area (Å²) in [6.45, 7) is 2.85. The van der Waals surface area contributed by atoms with Crippen molar-refractivity contribution in [3.05, 3.63) is 12.2 Å². The van der Waals surface area contributed by atoms with E-state index >= 15 is 0 Å². The topological polar surface area (TPSA) is 109 Å². The van der Waals surface area contributed by atoms with Crippen LogP contribution < -0.4 is 5.32 Å². The number of nitrogens with zero attached hydrogens (tertiary/aromatic N) is 3. The van der Waals surface area contributed by atoms with Gasteiger partial charge in [0.05, 0.1) is 0 Å². The fraction of sp³-hybridized carbons (Fsp3) is 0.692. The Bertz CT molecular complexity index is 477. The summed E-state index contributed by atoms with van der Waals surface area (Å²) in [5, 5.41) is 15.5.